The minimum Gasteiger partial charge on any atom is -0.493 e. The van der Waals surface area contributed by atoms with E-state index in [4.69, 9.17) is 14.2 Å². The normalized spacial score (nSPS) is 14.1. The molecule has 4 aromatic carbocycles. The molecule has 3 amide bonds. The van der Waals surface area contributed by atoms with E-state index >= 15 is 0 Å². The number of hydrogen-bond donors (Lipinski definition) is 3. The zero-order chi connectivity index (χ0) is 39.6. The van der Waals surface area contributed by atoms with Gasteiger partial charge in [0.15, 0.2) is 11.5 Å². The molecule has 6 rings (SSSR count). The van der Waals surface area contributed by atoms with Crippen LogP contribution in [0.1, 0.15) is 68.0 Å². The Balaban J connectivity index is 1.19. The molecular weight excluding hydrogens is 747 g/mol. The number of fused-ring (bicyclic) bond motifs is 1. The minimum absolute atomic E-state index is 0.00471. The molecule has 10 nitrogen and oxygen atoms in total. The zero-order valence-corrected chi connectivity index (χ0v) is 33.2. The molecule has 1 aliphatic carbocycles. The van der Waals surface area contributed by atoms with Gasteiger partial charge in [-0.25, -0.2) is 4.79 Å². The number of carbonyl (C=O) groups excluding carboxylic acids is 4. The molecule has 2 unspecified atom stereocenters. The van der Waals surface area contributed by atoms with E-state index in [1.54, 1.807) is 72.8 Å². The number of thiophene rings is 1. The Bertz CT molecular complexity index is 2240. The van der Waals surface area contributed by atoms with E-state index < -0.39 is 23.0 Å². The Labute approximate surface area is 334 Å². The average molecular weight is 790 g/mol. The predicted octanol–water partition coefficient (Wildman–Crippen LogP) is 8.74. The van der Waals surface area contributed by atoms with Gasteiger partial charge in [0.05, 0.1) is 32.1 Å². The van der Waals surface area contributed by atoms with Crippen LogP contribution in [-0.2, 0) is 27.2 Å². The fourth-order valence-electron chi connectivity index (χ4n) is 6.58. The lowest BCUT2D eigenvalue weighted by Crippen LogP contribution is -2.30. The molecule has 12 heteroatoms. The third kappa shape index (κ3) is 9.50. The van der Waals surface area contributed by atoms with Gasteiger partial charge in [-0.15, -0.1) is 23.1 Å². The van der Waals surface area contributed by atoms with Gasteiger partial charge in [-0.3, -0.25) is 14.4 Å². The Kier molecular flexibility index (Phi) is 13.3. The lowest BCUT2D eigenvalue weighted by Gasteiger charge is -2.22. The molecule has 0 bridgehead atoms. The Morgan fingerprint density at radius 1 is 0.857 bits per heavy atom. The lowest BCUT2D eigenvalue weighted by molar-refractivity contribution is -0.116. The third-order valence-electron chi connectivity index (χ3n) is 9.44. The number of rotatable bonds is 14. The number of carbonyl (C=O) groups is 4. The molecule has 0 radical (unpaired) electrons. The number of esters is 1. The molecule has 0 saturated carbocycles. The van der Waals surface area contributed by atoms with Crippen molar-refractivity contribution in [1.29, 1.82) is 0 Å². The largest absolute Gasteiger partial charge is 0.493 e. The summed E-state index contributed by atoms with van der Waals surface area (Å²) < 4.78 is 16.0. The molecule has 0 saturated heterocycles. The summed E-state index contributed by atoms with van der Waals surface area (Å²) in [6, 6.07) is 31.3. The van der Waals surface area contributed by atoms with Crippen molar-refractivity contribution in [2.24, 2.45) is 0 Å². The summed E-state index contributed by atoms with van der Waals surface area (Å²) >= 11 is 2.80. The van der Waals surface area contributed by atoms with Crippen LogP contribution in [0.2, 0.25) is 0 Å². The fourth-order valence-corrected chi connectivity index (χ4v) is 8.91. The van der Waals surface area contributed by atoms with Crippen molar-refractivity contribution in [3.63, 3.8) is 0 Å². The monoisotopic (exact) mass is 789 g/mol. The van der Waals surface area contributed by atoms with Crippen LogP contribution in [-0.4, -0.2) is 50.3 Å². The van der Waals surface area contributed by atoms with Crippen LogP contribution >= 0.6 is 23.1 Å². The summed E-state index contributed by atoms with van der Waals surface area (Å²) in [4.78, 5) is 55.7. The first-order chi connectivity index (χ1) is 27.2. The second kappa shape index (κ2) is 18.7. The van der Waals surface area contributed by atoms with Crippen molar-refractivity contribution >= 4 is 63.6 Å². The highest BCUT2D eigenvalue weighted by molar-refractivity contribution is 8.00. The number of methoxy groups -OCH3 is 3. The van der Waals surface area contributed by atoms with Crippen LogP contribution < -0.4 is 25.4 Å². The number of thioether (sulfide) groups is 1. The van der Waals surface area contributed by atoms with Gasteiger partial charge < -0.3 is 30.2 Å². The van der Waals surface area contributed by atoms with Crippen molar-refractivity contribution < 1.29 is 33.4 Å². The molecule has 0 spiro atoms. The van der Waals surface area contributed by atoms with Gasteiger partial charge in [-0.1, -0.05) is 67.6 Å². The average Bonchev–Trinajstić information content (AvgIpc) is 3.59. The summed E-state index contributed by atoms with van der Waals surface area (Å²) in [5, 5.41) is 8.72. The van der Waals surface area contributed by atoms with E-state index in [1.807, 2.05) is 31.2 Å². The van der Waals surface area contributed by atoms with Gasteiger partial charge in [0, 0.05) is 21.0 Å². The summed E-state index contributed by atoms with van der Waals surface area (Å²) in [6.45, 7) is 1.93. The number of hydrogen-bond acceptors (Lipinski definition) is 9. The van der Waals surface area contributed by atoms with Gasteiger partial charge in [0.1, 0.15) is 10.7 Å². The van der Waals surface area contributed by atoms with Gasteiger partial charge in [0.25, 0.3) is 11.8 Å². The van der Waals surface area contributed by atoms with Crippen molar-refractivity contribution in [2.75, 3.05) is 32.0 Å². The van der Waals surface area contributed by atoms with Crippen LogP contribution in [0.4, 0.5) is 10.7 Å². The predicted molar refractivity (Wildman–Crippen MR) is 222 cm³/mol. The number of ether oxygens (including phenoxy) is 3. The highest BCUT2D eigenvalue weighted by Gasteiger charge is 2.32. The number of anilines is 2. The fraction of sp³-hybridized carbons (Fsp3) is 0.227. The molecule has 5 aromatic rings. The van der Waals surface area contributed by atoms with E-state index in [1.165, 1.54) is 50.0 Å². The maximum absolute atomic E-state index is 13.8. The van der Waals surface area contributed by atoms with Crippen LogP contribution in [0.5, 0.6) is 11.5 Å². The first-order valence-electron chi connectivity index (χ1n) is 18.2. The lowest BCUT2D eigenvalue weighted by atomic mass is 9.83. The zero-order valence-electron chi connectivity index (χ0n) is 31.5. The first kappa shape index (κ1) is 39.8. The quantitative estimate of drug-likeness (QED) is 0.0579. The molecule has 288 valence electrons. The summed E-state index contributed by atoms with van der Waals surface area (Å²) in [7, 11) is 4.41. The van der Waals surface area contributed by atoms with E-state index in [-0.39, 0.29) is 11.6 Å². The number of amides is 3. The molecule has 56 heavy (non-hydrogen) atoms. The third-order valence-corrected chi connectivity index (χ3v) is 12.0. The highest BCUT2D eigenvalue weighted by Crippen LogP contribution is 2.43. The number of nitrogens with one attached hydrogen (secondary N) is 3. The van der Waals surface area contributed by atoms with Gasteiger partial charge in [0.2, 0.25) is 5.91 Å². The second-order valence-corrected chi connectivity index (χ2v) is 15.4. The smallest absolute Gasteiger partial charge is 0.341 e. The number of benzene rings is 4. The minimum atomic E-state index is -0.553. The Morgan fingerprint density at radius 3 is 2.29 bits per heavy atom. The van der Waals surface area contributed by atoms with E-state index in [9.17, 15) is 19.2 Å². The molecule has 0 aliphatic heterocycles. The van der Waals surface area contributed by atoms with E-state index in [2.05, 4.69) is 28.1 Å². The summed E-state index contributed by atoms with van der Waals surface area (Å²) in [5.74, 6) is -0.382. The Morgan fingerprint density at radius 2 is 1.59 bits per heavy atom. The molecular formula is C44H43N3O7S2. The molecule has 0 fully saturated rings. The van der Waals surface area contributed by atoms with E-state index in [0.717, 1.165) is 34.6 Å². The molecule has 1 aliphatic rings. The van der Waals surface area contributed by atoms with Crippen molar-refractivity contribution in [3.8, 4) is 11.5 Å². The van der Waals surface area contributed by atoms with Gasteiger partial charge in [-0.05, 0) is 96.8 Å². The van der Waals surface area contributed by atoms with Crippen LogP contribution in [0.15, 0.2) is 114 Å². The molecule has 1 aromatic heterocycles. The molecule has 1 heterocycles. The maximum Gasteiger partial charge on any atom is 0.341 e. The van der Waals surface area contributed by atoms with Crippen LogP contribution in [0.3, 0.4) is 0 Å². The first-order valence-corrected chi connectivity index (χ1v) is 19.9. The van der Waals surface area contributed by atoms with Crippen molar-refractivity contribution in [3.05, 3.63) is 142 Å². The highest BCUT2D eigenvalue weighted by atomic mass is 32.2. The van der Waals surface area contributed by atoms with Crippen molar-refractivity contribution in [1.82, 2.24) is 5.32 Å². The maximum atomic E-state index is 13.8. The topological polar surface area (TPSA) is 132 Å². The molecule has 3 N–H and O–H groups in total. The van der Waals surface area contributed by atoms with Crippen LogP contribution in [0.25, 0.3) is 6.08 Å². The second-order valence-electron chi connectivity index (χ2n) is 13.0. The van der Waals surface area contributed by atoms with Gasteiger partial charge >= 0.3 is 5.97 Å². The summed E-state index contributed by atoms with van der Waals surface area (Å²) in [5.41, 5.74) is 4.11. The Hall–Kier alpha value is -5.85. The molecule has 2 atom stereocenters. The standard InChI is InChI=1S/C44H43N3O7S2/c1-5-37(42(50)47-43-39(44(51)54-4)33-21-20-30(25-38(33)56-43)28-13-8-6-9-14-28)55-32-18-12-17-31(26-32)45-41(49)34(46-40(48)29-15-10-7-11-16-29)23-27-19-22-35(52-2)36(24-27)53-3/h6-19,22-24,26,30,37H,5,20-21,25H2,1-4H3,(H,45,49)(H,46,48)(H,47,50)/b34-23+. The summed E-state index contributed by atoms with van der Waals surface area (Å²) in [6.07, 6.45) is 4.47. The van der Waals surface area contributed by atoms with E-state index in [0.29, 0.717) is 51.2 Å². The SMILES string of the molecule is CCC(Sc1cccc(NC(=O)/C(=C\c2ccc(OC)c(OC)c2)NC(=O)c2ccccc2)c1)C(=O)Nc1sc2c(c1C(=O)OC)CCC(c1ccccc1)C2. The van der Waals surface area contributed by atoms with Crippen LogP contribution in [0, 0.1) is 0 Å². The van der Waals surface area contributed by atoms with Gasteiger partial charge in [-0.2, -0.15) is 0 Å². The van der Waals surface area contributed by atoms with Crippen molar-refractivity contribution in [2.45, 2.75) is 48.7 Å².